The maximum atomic E-state index is 12.3. The third-order valence-corrected chi connectivity index (χ3v) is 4.20. The highest BCUT2D eigenvalue weighted by atomic mass is 16.1. The highest BCUT2D eigenvalue weighted by molar-refractivity contribution is 5.84. The van der Waals surface area contributed by atoms with Crippen LogP contribution in [0, 0.1) is 5.41 Å². The standard InChI is InChI=1S/C15H20N2O/c1-15(6-7-15)10-17-14(18)13-9-16-8-11-4-2-3-5-12(11)13/h2-5,13,16H,6-10H2,1H3,(H,17,18). The number of fused-ring (bicyclic) bond motifs is 1. The smallest absolute Gasteiger partial charge is 0.228 e. The number of carbonyl (C=O) groups excluding carboxylic acids is 1. The lowest BCUT2D eigenvalue weighted by molar-refractivity contribution is -0.122. The van der Waals surface area contributed by atoms with Gasteiger partial charge < -0.3 is 10.6 Å². The number of hydrogen-bond donors (Lipinski definition) is 2. The molecule has 1 aromatic carbocycles. The van der Waals surface area contributed by atoms with Crippen LogP contribution < -0.4 is 10.6 Å². The van der Waals surface area contributed by atoms with Gasteiger partial charge in [0.1, 0.15) is 0 Å². The van der Waals surface area contributed by atoms with Crippen molar-refractivity contribution >= 4 is 5.91 Å². The molecule has 1 aliphatic heterocycles. The quantitative estimate of drug-likeness (QED) is 0.851. The molecule has 2 N–H and O–H groups in total. The van der Waals surface area contributed by atoms with Gasteiger partial charge in [0, 0.05) is 19.6 Å². The highest BCUT2D eigenvalue weighted by Crippen LogP contribution is 2.44. The van der Waals surface area contributed by atoms with E-state index in [1.807, 2.05) is 12.1 Å². The van der Waals surface area contributed by atoms with Gasteiger partial charge in [0.25, 0.3) is 0 Å². The number of rotatable bonds is 3. The normalized spacial score (nSPS) is 24.2. The second-order valence-corrected chi connectivity index (χ2v) is 5.91. The lowest BCUT2D eigenvalue weighted by Gasteiger charge is -2.26. The van der Waals surface area contributed by atoms with Crippen molar-refractivity contribution in [2.24, 2.45) is 5.41 Å². The van der Waals surface area contributed by atoms with E-state index in [1.54, 1.807) is 0 Å². The third kappa shape index (κ3) is 2.27. The molecular weight excluding hydrogens is 224 g/mol. The summed E-state index contributed by atoms with van der Waals surface area (Å²) in [6.07, 6.45) is 2.49. The van der Waals surface area contributed by atoms with Gasteiger partial charge in [-0.1, -0.05) is 31.2 Å². The van der Waals surface area contributed by atoms with Crippen LogP contribution in [-0.2, 0) is 11.3 Å². The minimum atomic E-state index is -0.0303. The molecule has 1 atom stereocenters. The van der Waals surface area contributed by atoms with E-state index in [2.05, 4.69) is 29.7 Å². The van der Waals surface area contributed by atoms with Gasteiger partial charge in [-0.05, 0) is 29.4 Å². The van der Waals surface area contributed by atoms with Crippen molar-refractivity contribution in [1.82, 2.24) is 10.6 Å². The van der Waals surface area contributed by atoms with Crippen molar-refractivity contribution in [3.05, 3.63) is 35.4 Å². The summed E-state index contributed by atoms with van der Waals surface area (Å²) in [5.74, 6) is 0.139. The zero-order valence-electron chi connectivity index (χ0n) is 10.8. The molecule has 1 heterocycles. The fourth-order valence-electron chi connectivity index (χ4n) is 2.54. The molecule has 0 bridgehead atoms. The van der Waals surface area contributed by atoms with E-state index in [0.717, 1.165) is 19.6 Å². The Hall–Kier alpha value is -1.35. The lowest BCUT2D eigenvalue weighted by atomic mass is 9.90. The summed E-state index contributed by atoms with van der Waals surface area (Å²) in [6.45, 7) is 4.68. The molecular formula is C15H20N2O. The van der Waals surface area contributed by atoms with Gasteiger partial charge in [-0.15, -0.1) is 0 Å². The van der Waals surface area contributed by atoms with Gasteiger partial charge in [0.15, 0.2) is 0 Å². The van der Waals surface area contributed by atoms with E-state index in [4.69, 9.17) is 0 Å². The summed E-state index contributed by atoms with van der Waals surface area (Å²) in [5, 5.41) is 6.44. The van der Waals surface area contributed by atoms with E-state index in [1.165, 1.54) is 24.0 Å². The highest BCUT2D eigenvalue weighted by Gasteiger charge is 2.38. The average Bonchev–Trinajstić information content (AvgIpc) is 3.14. The Balaban J connectivity index is 1.70. The number of nitrogens with one attached hydrogen (secondary N) is 2. The first kappa shape index (κ1) is 11.7. The largest absolute Gasteiger partial charge is 0.355 e. The van der Waals surface area contributed by atoms with E-state index in [9.17, 15) is 4.79 Å². The molecule has 0 radical (unpaired) electrons. The van der Waals surface area contributed by atoms with Crippen LogP contribution in [-0.4, -0.2) is 19.0 Å². The molecule has 0 aromatic heterocycles. The summed E-state index contributed by atoms with van der Waals surface area (Å²) >= 11 is 0. The Morgan fingerprint density at radius 3 is 3.00 bits per heavy atom. The molecule has 96 valence electrons. The summed E-state index contributed by atoms with van der Waals surface area (Å²) in [4.78, 5) is 12.3. The van der Waals surface area contributed by atoms with Gasteiger partial charge in [-0.3, -0.25) is 4.79 Å². The first-order valence-corrected chi connectivity index (χ1v) is 6.74. The molecule has 1 aromatic rings. The minimum Gasteiger partial charge on any atom is -0.355 e. The summed E-state index contributed by atoms with van der Waals surface area (Å²) < 4.78 is 0. The third-order valence-electron chi connectivity index (χ3n) is 4.20. The van der Waals surface area contributed by atoms with Gasteiger partial charge in [0.05, 0.1) is 5.92 Å². The fraction of sp³-hybridized carbons (Fsp3) is 0.533. The fourth-order valence-corrected chi connectivity index (χ4v) is 2.54. The molecule has 1 fully saturated rings. The van der Waals surface area contributed by atoms with Crippen LogP contribution in [0.1, 0.15) is 36.8 Å². The zero-order chi connectivity index (χ0) is 12.6. The van der Waals surface area contributed by atoms with E-state index in [0.29, 0.717) is 5.41 Å². The van der Waals surface area contributed by atoms with Crippen LogP contribution >= 0.6 is 0 Å². The zero-order valence-corrected chi connectivity index (χ0v) is 10.8. The first-order valence-electron chi connectivity index (χ1n) is 6.74. The average molecular weight is 244 g/mol. The Morgan fingerprint density at radius 2 is 2.22 bits per heavy atom. The molecule has 1 unspecified atom stereocenters. The van der Waals surface area contributed by atoms with Crippen LogP contribution in [0.4, 0.5) is 0 Å². The molecule has 1 amide bonds. The Kier molecular flexibility index (Phi) is 2.86. The topological polar surface area (TPSA) is 41.1 Å². The van der Waals surface area contributed by atoms with Crippen molar-refractivity contribution in [1.29, 1.82) is 0 Å². The number of benzene rings is 1. The van der Waals surface area contributed by atoms with Crippen molar-refractivity contribution in [3.63, 3.8) is 0 Å². The maximum absolute atomic E-state index is 12.3. The van der Waals surface area contributed by atoms with Crippen LogP contribution in [0.5, 0.6) is 0 Å². The van der Waals surface area contributed by atoms with Crippen molar-refractivity contribution in [3.8, 4) is 0 Å². The van der Waals surface area contributed by atoms with Gasteiger partial charge >= 0.3 is 0 Å². The van der Waals surface area contributed by atoms with Gasteiger partial charge in [-0.2, -0.15) is 0 Å². The molecule has 1 aliphatic carbocycles. The maximum Gasteiger partial charge on any atom is 0.228 e. The van der Waals surface area contributed by atoms with Gasteiger partial charge in [0.2, 0.25) is 5.91 Å². The second-order valence-electron chi connectivity index (χ2n) is 5.91. The summed E-state index contributed by atoms with van der Waals surface area (Å²) in [5.41, 5.74) is 2.81. The van der Waals surface area contributed by atoms with Crippen LogP contribution in [0.15, 0.2) is 24.3 Å². The molecule has 0 saturated heterocycles. The molecule has 3 rings (SSSR count). The Labute approximate surface area is 108 Å². The predicted molar refractivity (Wildman–Crippen MR) is 71.2 cm³/mol. The van der Waals surface area contributed by atoms with Crippen LogP contribution in [0.3, 0.4) is 0 Å². The minimum absolute atomic E-state index is 0.0303. The second kappa shape index (κ2) is 4.39. The molecule has 0 spiro atoms. The first-order chi connectivity index (χ1) is 8.68. The molecule has 3 heteroatoms. The number of hydrogen-bond acceptors (Lipinski definition) is 2. The van der Waals surface area contributed by atoms with Crippen molar-refractivity contribution in [2.75, 3.05) is 13.1 Å². The van der Waals surface area contributed by atoms with Crippen molar-refractivity contribution in [2.45, 2.75) is 32.2 Å². The lowest BCUT2D eigenvalue weighted by Crippen LogP contribution is -2.40. The van der Waals surface area contributed by atoms with Crippen LogP contribution in [0.2, 0.25) is 0 Å². The Bertz CT molecular complexity index is 465. The van der Waals surface area contributed by atoms with E-state index < -0.39 is 0 Å². The van der Waals surface area contributed by atoms with E-state index in [-0.39, 0.29) is 11.8 Å². The molecule has 18 heavy (non-hydrogen) atoms. The Morgan fingerprint density at radius 1 is 1.44 bits per heavy atom. The summed E-state index contributed by atoms with van der Waals surface area (Å²) in [6, 6.07) is 8.24. The molecule has 2 aliphatic rings. The van der Waals surface area contributed by atoms with E-state index >= 15 is 0 Å². The molecule has 1 saturated carbocycles. The molecule has 3 nitrogen and oxygen atoms in total. The number of amides is 1. The monoisotopic (exact) mass is 244 g/mol. The summed E-state index contributed by atoms with van der Waals surface area (Å²) in [7, 11) is 0. The van der Waals surface area contributed by atoms with Crippen LogP contribution in [0.25, 0.3) is 0 Å². The number of carbonyl (C=O) groups is 1. The predicted octanol–water partition coefficient (Wildman–Crippen LogP) is 1.79. The van der Waals surface area contributed by atoms with Gasteiger partial charge in [-0.25, -0.2) is 0 Å². The van der Waals surface area contributed by atoms with Crippen molar-refractivity contribution < 1.29 is 4.79 Å². The SMILES string of the molecule is CC1(CNC(=O)C2CNCc3ccccc32)CC1.